The molecule has 9 nitrogen and oxygen atoms in total. The van der Waals surface area contributed by atoms with Gasteiger partial charge in [0.15, 0.2) is 5.82 Å². The van der Waals surface area contributed by atoms with Crippen LogP contribution in [0, 0.1) is 11.6 Å². The lowest BCUT2D eigenvalue weighted by Crippen LogP contribution is -2.23. The van der Waals surface area contributed by atoms with Gasteiger partial charge < -0.3 is 10.2 Å². The zero-order valence-corrected chi connectivity index (χ0v) is 16.8. The monoisotopic (exact) mass is 448 g/mol. The van der Waals surface area contributed by atoms with Crippen LogP contribution in [0.4, 0.5) is 23.2 Å². The Bertz CT molecular complexity index is 1250. The summed E-state index contributed by atoms with van der Waals surface area (Å²) in [6.45, 7) is 3.44. The van der Waals surface area contributed by atoms with E-state index in [9.17, 15) is 17.6 Å². The second-order valence-corrected chi connectivity index (χ2v) is 7.41. The number of hydrogen-bond acceptors (Lipinski definition) is 8. The van der Waals surface area contributed by atoms with E-state index < -0.39 is 40.8 Å². The van der Waals surface area contributed by atoms with Crippen molar-refractivity contribution in [2.24, 2.45) is 0 Å². The molecule has 0 bridgehead atoms. The number of halogens is 4. The fourth-order valence-electron chi connectivity index (χ4n) is 2.91. The molecule has 0 aliphatic rings. The van der Waals surface area contributed by atoms with Crippen molar-refractivity contribution in [1.82, 2.24) is 35.4 Å². The summed E-state index contributed by atoms with van der Waals surface area (Å²) in [5.74, 6) is -2.99. The molecule has 0 aliphatic carbocycles. The highest BCUT2D eigenvalue weighted by Crippen LogP contribution is 2.29. The lowest BCUT2D eigenvalue weighted by molar-refractivity contribution is 0.116. The predicted molar refractivity (Wildman–Crippen MR) is 102 cm³/mol. The standard InChI is InChI=1S/C19H16F4N8O/c1-19(2,14-4-3-10(24)7-25-14)18-28-30-31(29-18)8-9-5-13(21)11(6-12(9)20)16-26-27-17(32-16)15(22)23/h3-7,15H,8,24H2,1-2H3. The van der Waals surface area contributed by atoms with E-state index in [1.165, 1.54) is 6.20 Å². The number of aromatic nitrogens is 7. The normalized spacial score (nSPS) is 12.0. The third-order valence-corrected chi connectivity index (χ3v) is 4.74. The molecule has 0 unspecified atom stereocenters. The number of nitrogen functional groups attached to an aromatic ring is 1. The Balaban J connectivity index is 1.58. The van der Waals surface area contributed by atoms with E-state index in [4.69, 9.17) is 5.73 Å². The van der Waals surface area contributed by atoms with Crippen LogP contribution in [0.3, 0.4) is 0 Å². The molecule has 166 valence electrons. The van der Waals surface area contributed by atoms with Crippen LogP contribution in [0.2, 0.25) is 0 Å². The lowest BCUT2D eigenvalue weighted by atomic mass is 9.88. The Morgan fingerprint density at radius 3 is 2.53 bits per heavy atom. The number of rotatable bonds is 6. The average molecular weight is 448 g/mol. The van der Waals surface area contributed by atoms with Gasteiger partial charge in [-0.1, -0.05) is 0 Å². The largest absolute Gasteiger partial charge is 0.415 e. The minimum Gasteiger partial charge on any atom is -0.415 e. The van der Waals surface area contributed by atoms with Crippen molar-refractivity contribution in [2.75, 3.05) is 5.73 Å². The van der Waals surface area contributed by atoms with E-state index in [1.54, 1.807) is 12.1 Å². The molecule has 1 aromatic carbocycles. The molecule has 0 aliphatic heterocycles. The first-order valence-corrected chi connectivity index (χ1v) is 9.25. The summed E-state index contributed by atoms with van der Waals surface area (Å²) < 4.78 is 59.0. The number of alkyl halides is 2. The summed E-state index contributed by atoms with van der Waals surface area (Å²) in [6, 6.07) is 5.10. The van der Waals surface area contributed by atoms with E-state index in [0.29, 0.717) is 17.2 Å². The van der Waals surface area contributed by atoms with E-state index in [1.807, 2.05) is 13.8 Å². The minimum atomic E-state index is -3.02. The molecule has 4 rings (SSSR count). The van der Waals surface area contributed by atoms with Gasteiger partial charge in [-0.15, -0.1) is 20.4 Å². The average Bonchev–Trinajstić information content (AvgIpc) is 3.41. The second-order valence-electron chi connectivity index (χ2n) is 7.41. The van der Waals surface area contributed by atoms with Crippen LogP contribution in [0.15, 0.2) is 34.9 Å². The molecule has 4 aromatic rings. The van der Waals surface area contributed by atoms with Crippen LogP contribution in [0.1, 0.15) is 43.2 Å². The first-order valence-electron chi connectivity index (χ1n) is 9.25. The van der Waals surface area contributed by atoms with Crippen molar-refractivity contribution in [3.05, 3.63) is 65.1 Å². The Kier molecular flexibility index (Phi) is 5.32. The molecule has 0 saturated heterocycles. The van der Waals surface area contributed by atoms with Crippen molar-refractivity contribution in [3.63, 3.8) is 0 Å². The highest BCUT2D eigenvalue weighted by molar-refractivity contribution is 5.54. The van der Waals surface area contributed by atoms with E-state index >= 15 is 0 Å². The van der Waals surface area contributed by atoms with E-state index in [2.05, 4.69) is 35.0 Å². The van der Waals surface area contributed by atoms with E-state index in [-0.39, 0.29) is 12.1 Å². The van der Waals surface area contributed by atoms with Crippen molar-refractivity contribution in [3.8, 4) is 11.5 Å². The number of nitrogens with zero attached hydrogens (tertiary/aromatic N) is 7. The zero-order chi connectivity index (χ0) is 23.0. The third-order valence-electron chi connectivity index (χ3n) is 4.74. The molecule has 0 spiro atoms. The first-order chi connectivity index (χ1) is 15.1. The number of hydrogen-bond donors (Lipinski definition) is 1. The van der Waals surface area contributed by atoms with Crippen molar-refractivity contribution < 1.29 is 22.0 Å². The van der Waals surface area contributed by atoms with Gasteiger partial charge in [0.25, 0.3) is 11.8 Å². The van der Waals surface area contributed by atoms with Gasteiger partial charge in [0.1, 0.15) is 11.6 Å². The Hall–Kier alpha value is -3.90. The lowest BCUT2D eigenvalue weighted by Gasteiger charge is -2.19. The fourth-order valence-corrected chi connectivity index (χ4v) is 2.91. The van der Waals surface area contributed by atoms with Crippen LogP contribution in [-0.2, 0) is 12.0 Å². The van der Waals surface area contributed by atoms with Gasteiger partial charge in [-0.2, -0.15) is 13.6 Å². The van der Waals surface area contributed by atoms with Gasteiger partial charge in [-0.25, -0.2) is 8.78 Å². The molecule has 0 radical (unpaired) electrons. The Labute approximate surface area is 178 Å². The maximum atomic E-state index is 14.6. The zero-order valence-electron chi connectivity index (χ0n) is 16.8. The Morgan fingerprint density at radius 1 is 1.09 bits per heavy atom. The fraction of sp³-hybridized carbons (Fsp3) is 0.263. The van der Waals surface area contributed by atoms with Gasteiger partial charge in [-0.3, -0.25) is 4.98 Å². The smallest absolute Gasteiger partial charge is 0.314 e. The molecule has 3 aromatic heterocycles. The molecule has 3 heterocycles. The summed E-state index contributed by atoms with van der Waals surface area (Å²) in [7, 11) is 0. The predicted octanol–water partition coefficient (Wildman–Crippen LogP) is 3.29. The van der Waals surface area contributed by atoms with Crippen molar-refractivity contribution >= 4 is 5.69 Å². The minimum absolute atomic E-state index is 0.0905. The van der Waals surface area contributed by atoms with Gasteiger partial charge in [0.2, 0.25) is 0 Å². The van der Waals surface area contributed by atoms with Gasteiger partial charge >= 0.3 is 6.43 Å². The number of anilines is 1. The van der Waals surface area contributed by atoms with Gasteiger partial charge in [0, 0.05) is 5.56 Å². The number of nitrogens with two attached hydrogens (primary N) is 1. The molecule has 13 heteroatoms. The highest BCUT2D eigenvalue weighted by Gasteiger charge is 2.30. The molecule has 0 amide bonds. The third kappa shape index (κ3) is 4.00. The summed E-state index contributed by atoms with van der Waals surface area (Å²) in [5, 5.41) is 18.6. The number of benzene rings is 1. The maximum absolute atomic E-state index is 14.6. The molecule has 2 N–H and O–H groups in total. The molecule has 32 heavy (non-hydrogen) atoms. The quantitative estimate of drug-likeness (QED) is 0.446. The van der Waals surface area contributed by atoms with Crippen LogP contribution >= 0.6 is 0 Å². The van der Waals surface area contributed by atoms with Gasteiger partial charge in [0.05, 0.1) is 35.1 Å². The second kappa shape index (κ2) is 7.98. The summed E-state index contributed by atoms with van der Waals surface area (Å²) in [4.78, 5) is 5.38. The first kappa shape index (κ1) is 21.3. The highest BCUT2D eigenvalue weighted by atomic mass is 19.3. The SMILES string of the molecule is CC(C)(c1ccc(N)cn1)c1nnn(Cc2cc(F)c(-c3nnc(C(F)F)o3)cc2F)n1. The van der Waals surface area contributed by atoms with E-state index in [0.717, 1.165) is 16.9 Å². The molecule has 0 fully saturated rings. The molecule has 0 saturated carbocycles. The van der Waals surface area contributed by atoms with Crippen molar-refractivity contribution in [1.29, 1.82) is 0 Å². The number of pyridine rings is 1. The molecule has 0 atom stereocenters. The number of tetrazole rings is 1. The van der Waals surface area contributed by atoms with Crippen LogP contribution < -0.4 is 5.73 Å². The van der Waals surface area contributed by atoms with Crippen LogP contribution in [-0.4, -0.2) is 35.4 Å². The molecular formula is C19H16F4N8O. The van der Waals surface area contributed by atoms with Crippen LogP contribution in [0.5, 0.6) is 0 Å². The van der Waals surface area contributed by atoms with Crippen molar-refractivity contribution in [2.45, 2.75) is 32.2 Å². The Morgan fingerprint density at radius 2 is 1.88 bits per heavy atom. The maximum Gasteiger partial charge on any atom is 0.314 e. The summed E-state index contributed by atoms with van der Waals surface area (Å²) in [5.41, 5.74) is 5.57. The summed E-state index contributed by atoms with van der Waals surface area (Å²) in [6.07, 6.45) is -1.52. The summed E-state index contributed by atoms with van der Waals surface area (Å²) >= 11 is 0. The topological polar surface area (TPSA) is 121 Å². The van der Waals surface area contributed by atoms with Gasteiger partial charge in [-0.05, 0) is 43.3 Å². The van der Waals surface area contributed by atoms with Crippen LogP contribution in [0.25, 0.3) is 11.5 Å². The molecular weight excluding hydrogens is 432 g/mol.